The van der Waals surface area contributed by atoms with E-state index >= 15 is 0 Å². The van der Waals surface area contributed by atoms with Gasteiger partial charge in [-0.2, -0.15) is 0 Å². The predicted molar refractivity (Wildman–Crippen MR) is 134 cm³/mol. The predicted octanol–water partition coefficient (Wildman–Crippen LogP) is 4.82. The first kappa shape index (κ1) is 20.0. The zero-order valence-electron chi connectivity index (χ0n) is 18.8. The molecule has 3 atom stereocenters. The fourth-order valence-corrected chi connectivity index (χ4v) is 6.04. The lowest BCUT2D eigenvalue weighted by molar-refractivity contribution is -0.120. The fraction of sp³-hybridized carbons (Fsp3) is 0.179. The van der Waals surface area contributed by atoms with E-state index in [-0.39, 0.29) is 30.1 Å². The molecule has 7 nitrogen and oxygen atoms in total. The monoisotopic (exact) mass is 462 g/mol. The molecule has 4 aromatic carbocycles. The number of likely N-dealkylation sites (tertiary alicyclic amines) is 1. The van der Waals surface area contributed by atoms with Crippen molar-refractivity contribution in [3.63, 3.8) is 0 Å². The van der Waals surface area contributed by atoms with Gasteiger partial charge in [0, 0.05) is 17.3 Å². The largest absolute Gasteiger partial charge is 0.332 e. The third-order valence-corrected chi connectivity index (χ3v) is 7.56. The summed E-state index contributed by atoms with van der Waals surface area (Å²) in [4.78, 5) is 45.2. The summed E-state index contributed by atoms with van der Waals surface area (Å²) in [6.07, 6.45) is 0.620. The fourth-order valence-electron chi connectivity index (χ4n) is 6.04. The first-order valence-corrected chi connectivity index (χ1v) is 11.8. The van der Waals surface area contributed by atoms with Gasteiger partial charge in [0.15, 0.2) is 0 Å². The van der Waals surface area contributed by atoms with Crippen molar-refractivity contribution in [3.8, 4) is 0 Å². The molecular weight excluding hydrogens is 440 g/mol. The smallest absolute Gasteiger partial charge is 0.317 e. The van der Waals surface area contributed by atoms with Gasteiger partial charge in [-0.05, 0) is 29.3 Å². The third-order valence-electron chi connectivity index (χ3n) is 7.56. The van der Waals surface area contributed by atoms with Crippen LogP contribution in [-0.2, 0) is 4.79 Å². The summed E-state index contributed by atoms with van der Waals surface area (Å²) in [5.74, 6) is -0.262. The number of carbonyl (C=O) groups is 3. The summed E-state index contributed by atoms with van der Waals surface area (Å²) in [5.41, 5.74) is 1.33. The maximum absolute atomic E-state index is 13.6. The highest BCUT2D eigenvalue weighted by Crippen LogP contribution is 2.43. The Hall–Kier alpha value is -4.39. The molecule has 4 aromatic rings. The van der Waals surface area contributed by atoms with E-state index in [2.05, 4.69) is 5.32 Å². The SMILES string of the molecule is O=C1[C@H]2C3C[C@H](CN3C(=O)Nc3cccc4ccccc34)N2C(=O)N1c1cccc2ccccc12. The highest BCUT2D eigenvalue weighted by atomic mass is 16.2. The Labute approximate surface area is 201 Å². The van der Waals surface area contributed by atoms with E-state index in [1.54, 1.807) is 9.80 Å². The Bertz CT molecular complexity index is 1540. The van der Waals surface area contributed by atoms with Crippen LogP contribution in [-0.4, -0.2) is 52.4 Å². The van der Waals surface area contributed by atoms with Crippen molar-refractivity contribution < 1.29 is 14.4 Å². The molecule has 1 unspecified atom stereocenters. The van der Waals surface area contributed by atoms with Crippen LogP contribution in [0.5, 0.6) is 0 Å². The number of fused-ring (bicyclic) bond motifs is 7. The molecule has 7 rings (SSSR count). The van der Waals surface area contributed by atoms with E-state index in [1.165, 1.54) is 4.90 Å². The van der Waals surface area contributed by atoms with Crippen LogP contribution in [0.3, 0.4) is 0 Å². The summed E-state index contributed by atoms with van der Waals surface area (Å²) in [6.45, 7) is 0.417. The molecule has 3 fully saturated rings. The number of nitrogens with zero attached hydrogens (tertiary/aromatic N) is 3. The molecule has 1 N–H and O–H groups in total. The van der Waals surface area contributed by atoms with Crippen LogP contribution in [0.2, 0.25) is 0 Å². The van der Waals surface area contributed by atoms with E-state index in [0.29, 0.717) is 18.7 Å². The maximum atomic E-state index is 13.6. The van der Waals surface area contributed by atoms with Crippen LogP contribution < -0.4 is 10.2 Å². The minimum Gasteiger partial charge on any atom is -0.317 e. The number of imide groups is 1. The Balaban J connectivity index is 1.19. The minimum absolute atomic E-state index is 0.167. The number of anilines is 2. The van der Waals surface area contributed by atoms with Crippen LogP contribution in [0.25, 0.3) is 21.5 Å². The van der Waals surface area contributed by atoms with Gasteiger partial charge in [0.05, 0.1) is 23.5 Å². The number of amides is 5. The van der Waals surface area contributed by atoms with E-state index in [0.717, 1.165) is 27.2 Å². The molecule has 3 saturated heterocycles. The van der Waals surface area contributed by atoms with Gasteiger partial charge in [-0.1, -0.05) is 72.8 Å². The molecule has 0 aromatic heterocycles. The molecule has 3 heterocycles. The van der Waals surface area contributed by atoms with Gasteiger partial charge in [-0.3, -0.25) is 4.79 Å². The minimum atomic E-state index is -0.654. The molecule has 0 spiro atoms. The standard InChI is InChI=1S/C28H22N4O3/c33-26-25-24-15-19(16-30(24)27(34)29-22-13-5-9-17-7-1-3-11-20(17)22)31(25)28(35)32(26)23-14-6-10-18-8-2-4-12-21(18)23/h1-14,19,24-25H,15-16H2,(H,29,34)/t19-,24?,25-/m1/s1. The molecule has 0 saturated carbocycles. The molecular formula is C28H22N4O3. The summed E-state index contributed by atoms with van der Waals surface area (Å²) >= 11 is 0. The molecule has 7 heteroatoms. The summed E-state index contributed by atoms with van der Waals surface area (Å²) in [6, 6.07) is 25.4. The molecule has 3 aliphatic heterocycles. The Morgan fingerprint density at radius 1 is 0.800 bits per heavy atom. The van der Waals surface area contributed by atoms with E-state index < -0.39 is 6.04 Å². The molecule has 0 aliphatic carbocycles. The Morgan fingerprint density at radius 3 is 2.26 bits per heavy atom. The number of piperazine rings is 1. The van der Waals surface area contributed by atoms with Crippen LogP contribution in [0, 0.1) is 0 Å². The topological polar surface area (TPSA) is 73.0 Å². The van der Waals surface area contributed by atoms with Gasteiger partial charge < -0.3 is 15.1 Å². The number of hydrogen-bond acceptors (Lipinski definition) is 3. The second-order valence-corrected chi connectivity index (χ2v) is 9.37. The number of benzene rings is 4. The zero-order chi connectivity index (χ0) is 23.7. The molecule has 2 bridgehead atoms. The lowest BCUT2D eigenvalue weighted by Gasteiger charge is -2.34. The number of urea groups is 2. The Kier molecular flexibility index (Phi) is 4.18. The maximum Gasteiger partial charge on any atom is 0.332 e. The van der Waals surface area contributed by atoms with E-state index in [9.17, 15) is 14.4 Å². The van der Waals surface area contributed by atoms with Crippen molar-refractivity contribution in [1.29, 1.82) is 0 Å². The van der Waals surface area contributed by atoms with Gasteiger partial charge in [0.1, 0.15) is 6.04 Å². The molecule has 172 valence electrons. The molecule has 0 radical (unpaired) electrons. The lowest BCUT2D eigenvalue weighted by Crippen LogP contribution is -2.55. The second kappa shape index (κ2) is 7.30. The lowest BCUT2D eigenvalue weighted by atomic mass is 10.1. The number of hydrogen-bond donors (Lipinski definition) is 1. The molecule has 35 heavy (non-hydrogen) atoms. The van der Waals surface area contributed by atoms with Gasteiger partial charge in [0.2, 0.25) is 0 Å². The van der Waals surface area contributed by atoms with Gasteiger partial charge in [0.25, 0.3) is 5.91 Å². The normalized spacial score (nSPS) is 23.0. The third kappa shape index (κ3) is 2.81. The van der Waals surface area contributed by atoms with Crippen molar-refractivity contribution in [2.45, 2.75) is 24.5 Å². The van der Waals surface area contributed by atoms with Crippen LogP contribution in [0.4, 0.5) is 21.0 Å². The number of rotatable bonds is 2. The quantitative estimate of drug-likeness (QED) is 0.434. The molecule has 3 aliphatic rings. The van der Waals surface area contributed by atoms with Crippen LogP contribution >= 0.6 is 0 Å². The summed E-state index contributed by atoms with van der Waals surface area (Å²) in [5, 5.41) is 6.87. The van der Waals surface area contributed by atoms with Crippen LogP contribution in [0.1, 0.15) is 6.42 Å². The van der Waals surface area contributed by atoms with Gasteiger partial charge in [-0.25, -0.2) is 14.5 Å². The first-order chi connectivity index (χ1) is 17.1. The number of nitrogens with one attached hydrogen (secondary N) is 1. The van der Waals surface area contributed by atoms with E-state index in [4.69, 9.17) is 0 Å². The van der Waals surface area contributed by atoms with Gasteiger partial charge in [-0.15, -0.1) is 0 Å². The average Bonchev–Trinajstić information content (AvgIpc) is 3.55. The number of carbonyl (C=O) groups excluding carboxylic acids is 3. The Morgan fingerprint density at radius 2 is 1.46 bits per heavy atom. The van der Waals surface area contributed by atoms with Crippen LogP contribution in [0.15, 0.2) is 84.9 Å². The van der Waals surface area contributed by atoms with Crippen molar-refractivity contribution in [3.05, 3.63) is 84.9 Å². The second-order valence-electron chi connectivity index (χ2n) is 9.37. The first-order valence-electron chi connectivity index (χ1n) is 11.8. The van der Waals surface area contributed by atoms with Crippen molar-refractivity contribution in [2.75, 3.05) is 16.8 Å². The average molecular weight is 463 g/mol. The summed E-state index contributed by atoms with van der Waals surface area (Å²) < 4.78 is 0. The van der Waals surface area contributed by atoms with Gasteiger partial charge >= 0.3 is 12.1 Å². The van der Waals surface area contributed by atoms with E-state index in [1.807, 2.05) is 84.9 Å². The summed E-state index contributed by atoms with van der Waals surface area (Å²) in [7, 11) is 0. The van der Waals surface area contributed by atoms with Crippen molar-refractivity contribution >= 4 is 50.9 Å². The molecule has 5 amide bonds. The van der Waals surface area contributed by atoms with Crippen molar-refractivity contribution in [1.82, 2.24) is 9.80 Å². The highest BCUT2D eigenvalue weighted by Gasteiger charge is 2.63. The zero-order valence-corrected chi connectivity index (χ0v) is 18.8. The van der Waals surface area contributed by atoms with Crippen molar-refractivity contribution in [2.24, 2.45) is 0 Å². The highest BCUT2D eigenvalue weighted by molar-refractivity contribution is 6.25.